The van der Waals surface area contributed by atoms with E-state index in [9.17, 15) is 4.79 Å². The number of thioether (sulfide) groups is 1. The maximum atomic E-state index is 12.0. The van der Waals surface area contributed by atoms with Gasteiger partial charge in [0.25, 0.3) is 0 Å². The lowest BCUT2D eigenvalue weighted by molar-refractivity contribution is -0.118. The molecule has 0 bridgehead atoms. The number of rotatable bonds is 6. The summed E-state index contributed by atoms with van der Waals surface area (Å²) in [4.78, 5) is 21.1. The number of fused-ring (bicyclic) bond motifs is 2. The van der Waals surface area contributed by atoms with Crippen LogP contribution in [0.2, 0.25) is 0 Å². The zero-order valence-electron chi connectivity index (χ0n) is 13.3. The average Bonchev–Trinajstić information content (AvgIpc) is 3.23. The summed E-state index contributed by atoms with van der Waals surface area (Å²) in [6, 6.07) is 16.1. The largest absolute Gasteiger partial charge is 0.349 e. The summed E-state index contributed by atoms with van der Waals surface area (Å²) in [6.45, 7) is 0.486. The molecule has 0 saturated carbocycles. The molecule has 0 spiro atoms. The Morgan fingerprint density at radius 2 is 1.52 bits per heavy atom. The van der Waals surface area contributed by atoms with Crippen LogP contribution in [-0.4, -0.2) is 21.6 Å². The van der Waals surface area contributed by atoms with Crippen LogP contribution < -0.4 is 5.32 Å². The van der Waals surface area contributed by atoms with Crippen LogP contribution >= 0.6 is 34.4 Å². The van der Waals surface area contributed by atoms with Crippen LogP contribution in [0.3, 0.4) is 0 Å². The number of thiazole rings is 2. The summed E-state index contributed by atoms with van der Waals surface area (Å²) < 4.78 is 2.34. The van der Waals surface area contributed by atoms with Gasteiger partial charge in [0.2, 0.25) is 5.91 Å². The van der Waals surface area contributed by atoms with Gasteiger partial charge >= 0.3 is 0 Å². The van der Waals surface area contributed by atoms with Crippen molar-refractivity contribution in [2.24, 2.45) is 0 Å². The maximum absolute atomic E-state index is 12.0. The first-order valence-electron chi connectivity index (χ1n) is 7.81. The van der Waals surface area contributed by atoms with Gasteiger partial charge in [0.15, 0.2) is 0 Å². The third kappa shape index (κ3) is 4.00. The lowest BCUT2D eigenvalue weighted by Crippen LogP contribution is -2.24. The smallest absolute Gasteiger partial charge is 0.230 e. The normalized spacial score (nSPS) is 11.2. The van der Waals surface area contributed by atoms with Crippen LogP contribution in [-0.2, 0) is 17.1 Å². The van der Waals surface area contributed by atoms with E-state index in [0.29, 0.717) is 12.3 Å². The van der Waals surface area contributed by atoms with Crippen LogP contribution in [0.25, 0.3) is 20.4 Å². The molecule has 0 aliphatic carbocycles. The van der Waals surface area contributed by atoms with Crippen molar-refractivity contribution in [1.82, 2.24) is 15.3 Å². The van der Waals surface area contributed by atoms with Crippen molar-refractivity contribution in [3.63, 3.8) is 0 Å². The molecular weight excluding hydrogens is 370 g/mol. The lowest BCUT2D eigenvalue weighted by atomic mass is 10.3. The Morgan fingerprint density at radius 3 is 2.20 bits per heavy atom. The van der Waals surface area contributed by atoms with E-state index in [1.54, 1.807) is 34.4 Å². The summed E-state index contributed by atoms with van der Waals surface area (Å²) in [5, 5.41) is 4.94. The minimum atomic E-state index is 0.0327. The SMILES string of the molecule is O=C(CSCc1nc2ccccc2s1)NCc1nc2ccccc2s1. The van der Waals surface area contributed by atoms with E-state index in [1.165, 1.54) is 4.70 Å². The second-order valence-corrected chi connectivity index (χ2v) is 8.64. The molecule has 4 nitrogen and oxygen atoms in total. The maximum Gasteiger partial charge on any atom is 0.230 e. The molecule has 2 aromatic heterocycles. The Hall–Kier alpha value is -1.96. The molecule has 4 aromatic rings. The van der Waals surface area contributed by atoms with E-state index in [1.807, 2.05) is 42.5 Å². The molecule has 0 fully saturated rings. The van der Waals surface area contributed by atoms with E-state index >= 15 is 0 Å². The first-order valence-corrected chi connectivity index (χ1v) is 10.6. The van der Waals surface area contributed by atoms with Crippen LogP contribution in [0.15, 0.2) is 48.5 Å². The number of aromatic nitrogens is 2. The van der Waals surface area contributed by atoms with Crippen molar-refractivity contribution < 1.29 is 4.79 Å². The summed E-state index contributed by atoms with van der Waals surface area (Å²) in [7, 11) is 0. The first kappa shape index (κ1) is 16.5. The molecular formula is C18H15N3OS3. The van der Waals surface area contributed by atoms with E-state index in [-0.39, 0.29) is 5.91 Å². The summed E-state index contributed by atoms with van der Waals surface area (Å²) in [5.41, 5.74) is 2.02. The molecule has 126 valence electrons. The summed E-state index contributed by atoms with van der Waals surface area (Å²) >= 11 is 4.90. The first-order chi connectivity index (χ1) is 12.3. The highest BCUT2D eigenvalue weighted by molar-refractivity contribution is 7.99. The molecule has 0 radical (unpaired) electrons. The van der Waals surface area contributed by atoms with E-state index in [4.69, 9.17) is 0 Å². The van der Waals surface area contributed by atoms with Gasteiger partial charge in [0.05, 0.1) is 32.7 Å². The number of hydrogen-bond donors (Lipinski definition) is 1. The van der Waals surface area contributed by atoms with Crippen molar-refractivity contribution in [2.75, 3.05) is 5.75 Å². The molecule has 1 amide bonds. The second kappa shape index (κ2) is 7.51. The number of nitrogens with zero attached hydrogens (tertiary/aromatic N) is 2. The number of amides is 1. The van der Waals surface area contributed by atoms with Crippen molar-refractivity contribution in [2.45, 2.75) is 12.3 Å². The predicted octanol–water partition coefficient (Wildman–Crippen LogP) is 4.46. The zero-order chi connectivity index (χ0) is 17.1. The average molecular weight is 386 g/mol. The van der Waals surface area contributed by atoms with Crippen LogP contribution in [0.4, 0.5) is 0 Å². The molecule has 0 aliphatic rings. The van der Waals surface area contributed by atoms with E-state index < -0.39 is 0 Å². The Morgan fingerprint density at radius 1 is 0.920 bits per heavy atom. The Balaban J connectivity index is 1.26. The fourth-order valence-electron chi connectivity index (χ4n) is 2.43. The highest BCUT2D eigenvalue weighted by Gasteiger charge is 2.08. The quantitative estimate of drug-likeness (QED) is 0.532. The second-order valence-electron chi connectivity index (χ2n) is 5.42. The number of hydrogen-bond acceptors (Lipinski definition) is 6. The van der Waals surface area contributed by atoms with Crippen LogP contribution in [0.1, 0.15) is 10.0 Å². The van der Waals surface area contributed by atoms with Crippen molar-refractivity contribution in [1.29, 1.82) is 0 Å². The minimum Gasteiger partial charge on any atom is -0.349 e. The third-order valence-electron chi connectivity index (χ3n) is 3.57. The fourth-order valence-corrected chi connectivity index (χ4v) is 5.22. The van der Waals surface area contributed by atoms with Crippen LogP contribution in [0.5, 0.6) is 0 Å². The molecule has 0 saturated heterocycles. The predicted molar refractivity (Wildman–Crippen MR) is 107 cm³/mol. The lowest BCUT2D eigenvalue weighted by Gasteiger charge is -2.02. The fraction of sp³-hybridized carbons (Fsp3) is 0.167. The van der Waals surface area contributed by atoms with Crippen molar-refractivity contribution >= 4 is 60.8 Å². The van der Waals surface area contributed by atoms with Gasteiger partial charge in [0.1, 0.15) is 10.0 Å². The van der Waals surface area contributed by atoms with Crippen molar-refractivity contribution in [3.8, 4) is 0 Å². The molecule has 25 heavy (non-hydrogen) atoms. The molecule has 0 unspecified atom stereocenters. The topological polar surface area (TPSA) is 54.9 Å². The zero-order valence-corrected chi connectivity index (χ0v) is 15.7. The van der Waals surface area contributed by atoms with Crippen LogP contribution in [0, 0.1) is 0 Å². The Kier molecular flexibility index (Phi) is 4.96. The van der Waals surface area contributed by atoms with Gasteiger partial charge in [-0.05, 0) is 24.3 Å². The van der Waals surface area contributed by atoms with Gasteiger partial charge in [-0.15, -0.1) is 34.4 Å². The van der Waals surface area contributed by atoms with E-state index in [0.717, 1.165) is 31.5 Å². The van der Waals surface area contributed by atoms with Gasteiger partial charge < -0.3 is 5.32 Å². The number of nitrogens with one attached hydrogen (secondary N) is 1. The molecule has 0 atom stereocenters. The molecule has 7 heteroatoms. The highest BCUT2D eigenvalue weighted by atomic mass is 32.2. The molecule has 1 N–H and O–H groups in total. The van der Waals surface area contributed by atoms with Gasteiger partial charge in [-0.3, -0.25) is 4.79 Å². The number of carbonyl (C=O) groups excluding carboxylic acids is 1. The molecule has 2 aromatic carbocycles. The summed E-state index contributed by atoms with van der Waals surface area (Å²) in [6.07, 6.45) is 0. The number of benzene rings is 2. The minimum absolute atomic E-state index is 0.0327. The molecule has 0 aliphatic heterocycles. The number of para-hydroxylation sites is 2. The standard InChI is InChI=1S/C18H15N3OS3/c22-16(19-9-17-20-12-5-1-3-7-14(12)24-17)10-23-11-18-21-13-6-2-4-8-15(13)25-18/h1-8H,9-11H2,(H,19,22). The Labute approximate surface area is 157 Å². The monoisotopic (exact) mass is 385 g/mol. The molecule has 4 rings (SSSR count). The van der Waals surface area contributed by atoms with E-state index in [2.05, 4.69) is 21.4 Å². The van der Waals surface area contributed by atoms with Gasteiger partial charge in [-0.1, -0.05) is 24.3 Å². The highest BCUT2D eigenvalue weighted by Crippen LogP contribution is 2.25. The Bertz CT molecular complexity index is 958. The molecule has 2 heterocycles. The van der Waals surface area contributed by atoms with Crippen molar-refractivity contribution in [3.05, 3.63) is 58.5 Å². The number of carbonyl (C=O) groups is 1. The van der Waals surface area contributed by atoms with Gasteiger partial charge in [0, 0.05) is 5.75 Å². The summed E-state index contributed by atoms with van der Waals surface area (Å²) in [5.74, 6) is 1.22. The third-order valence-corrected chi connectivity index (χ3v) is 6.77. The van der Waals surface area contributed by atoms with Gasteiger partial charge in [-0.25, -0.2) is 9.97 Å². The van der Waals surface area contributed by atoms with Gasteiger partial charge in [-0.2, -0.15) is 0 Å².